The fourth-order valence-corrected chi connectivity index (χ4v) is 6.17. The van der Waals surface area contributed by atoms with Gasteiger partial charge in [0.2, 0.25) is 0 Å². The molecule has 0 bridgehead atoms. The van der Waals surface area contributed by atoms with Crippen LogP contribution in [0.25, 0.3) is 0 Å². The van der Waals surface area contributed by atoms with E-state index in [4.69, 9.17) is 22.9 Å². The van der Waals surface area contributed by atoms with Crippen molar-refractivity contribution in [3.05, 3.63) is 12.2 Å². The van der Waals surface area contributed by atoms with Gasteiger partial charge in [0.25, 0.3) is 0 Å². The lowest BCUT2D eigenvalue weighted by atomic mass is 10.0. The highest BCUT2D eigenvalue weighted by molar-refractivity contribution is 7.54. The van der Waals surface area contributed by atoms with Crippen molar-refractivity contribution < 1.29 is 37.4 Å². The molecule has 200 valence electrons. The number of hydrogen-bond donors (Lipinski definition) is 1. The molecular formula is C24H47O8PSi. The lowest BCUT2D eigenvalue weighted by Gasteiger charge is -2.42. The molecule has 0 aromatic heterocycles. The molecule has 1 fully saturated rings. The van der Waals surface area contributed by atoms with E-state index in [0.717, 1.165) is 25.7 Å². The molecule has 0 aromatic carbocycles. The highest BCUT2D eigenvalue weighted by atomic mass is 31.2. The van der Waals surface area contributed by atoms with Crippen molar-refractivity contribution >= 4 is 21.9 Å². The van der Waals surface area contributed by atoms with Gasteiger partial charge in [0, 0.05) is 0 Å². The van der Waals surface area contributed by atoms with E-state index < -0.39 is 28.2 Å². The van der Waals surface area contributed by atoms with E-state index in [9.17, 15) is 14.5 Å². The van der Waals surface area contributed by atoms with E-state index in [2.05, 4.69) is 33.9 Å². The highest BCUT2D eigenvalue weighted by Gasteiger charge is 2.42. The van der Waals surface area contributed by atoms with Gasteiger partial charge < -0.3 is 28.1 Å². The zero-order chi connectivity index (χ0) is 26.0. The lowest BCUT2D eigenvalue weighted by molar-refractivity contribution is -0.199. The number of allylic oxidation sites excluding steroid dienone is 1. The van der Waals surface area contributed by atoms with Crippen LogP contribution in [0.3, 0.4) is 0 Å². The van der Waals surface area contributed by atoms with Crippen molar-refractivity contribution in [1.29, 1.82) is 0 Å². The minimum absolute atomic E-state index is 0.0845. The van der Waals surface area contributed by atoms with Crippen LogP contribution in [0, 0.1) is 0 Å². The monoisotopic (exact) mass is 522 g/mol. The molecule has 1 aliphatic rings. The predicted octanol–water partition coefficient (Wildman–Crippen LogP) is 5.80. The maximum Gasteiger partial charge on any atom is 0.341 e. The smallest absolute Gasteiger partial charge is 0.341 e. The zero-order valence-electron chi connectivity index (χ0n) is 22.4. The van der Waals surface area contributed by atoms with Crippen LogP contribution in [-0.2, 0) is 32.3 Å². The molecular weight excluding hydrogens is 475 g/mol. The Bertz CT molecular complexity index is 681. The number of aliphatic hydroxyl groups excluding tert-OH is 1. The molecule has 0 aromatic rings. The Kier molecular flexibility index (Phi) is 13.2. The molecule has 0 spiro atoms. The molecule has 0 amide bonds. The van der Waals surface area contributed by atoms with Gasteiger partial charge in [0.1, 0.15) is 6.16 Å². The normalized spacial score (nSPS) is 23.3. The second kappa shape index (κ2) is 14.3. The number of carbonyl (C=O) groups is 1. The third-order valence-electron chi connectivity index (χ3n) is 6.26. The molecule has 4 atom stereocenters. The highest BCUT2D eigenvalue weighted by Crippen LogP contribution is 2.47. The molecule has 0 aliphatic carbocycles. The summed E-state index contributed by atoms with van der Waals surface area (Å²) in [6.07, 6.45) is 5.92. The number of unbranched alkanes of at least 4 members (excludes halogenated alkanes) is 1. The summed E-state index contributed by atoms with van der Waals surface area (Å²) in [5, 5.41) is 10.5. The molecule has 1 aliphatic heterocycles. The molecule has 34 heavy (non-hydrogen) atoms. The molecule has 1 heterocycles. The number of esters is 1. The largest absolute Gasteiger partial charge is 0.462 e. The van der Waals surface area contributed by atoms with Crippen LogP contribution >= 0.6 is 7.60 Å². The Balaban J connectivity index is 2.34. The minimum Gasteiger partial charge on any atom is -0.462 e. The summed E-state index contributed by atoms with van der Waals surface area (Å²) < 4.78 is 40.1. The van der Waals surface area contributed by atoms with Crippen LogP contribution in [0.2, 0.25) is 18.1 Å². The summed E-state index contributed by atoms with van der Waals surface area (Å²) in [6.45, 7) is 16.5. The first-order chi connectivity index (χ1) is 15.7. The Hall–Kier alpha value is -0.543. The van der Waals surface area contributed by atoms with Gasteiger partial charge in [0.15, 0.2) is 14.6 Å². The van der Waals surface area contributed by atoms with Crippen molar-refractivity contribution in [1.82, 2.24) is 0 Å². The first kappa shape index (κ1) is 31.5. The van der Waals surface area contributed by atoms with Gasteiger partial charge in [-0.25, -0.2) is 0 Å². The zero-order valence-corrected chi connectivity index (χ0v) is 24.3. The summed E-state index contributed by atoms with van der Waals surface area (Å²) in [6, 6.07) is 0. The van der Waals surface area contributed by atoms with Gasteiger partial charge in [-0.05, 0) is 71.0 Å². The first-order valence-corrected chi connectivity index (χ1v) is 17.1. The second-order valence-corrected chi connectivity index (χ2v) is 17.1. The van der Waals surface area contributed by atoms with E-state index in [1.807, 2.05) is 19.1 Å². The molecule has 1 unspecified atom stereocenters. The summed E-state index contributed by atoms with van der Waals surface area (Å²) in [5.41, 5.74) is 0. The third kappa shape index (κ3) is 11.0. The Morgan fingerprint density at radius 2 is 1.82 bits per heavy atom. The quantitative estimate of drug-likeness (QED) is 0.100. The maximum absolute atomic E-state index is 12.4. The van der Waals surface area contributed by atoms with Gasteiger partial charge in [-0.1, -0.05) is 32.9 Å². The molecule has 1 rings (SSSR count). The standard InChI is InChI=1S/C24H47O8PSi/c1-9-28-33(27,29-10-2)18-22(25)30-19(3)14-12-11-13-15-20-16-17-21(23(26)31-20)32-34(7,8)24(4,5)6/h13,15,19-21,23,26H,9-12,14,16-18H2,1-8H3/b15-13+/t19-,20-,21-,23?/m0/s1. The number of aliphatic hydroxyl groups is 1. The van der Waals surface area contributed by atoms with Gasteiger partial charge >= 0.3 is 13.6 Å². The molecule has 10 heteroatoms. The van der Waals surface area contributed by atoms with Gasteiger partial charge in [0.05, 0.1) is 31.5 Å². The Morgan fingerprint density at radius 1 is 1.21 bits per heavy atom. The summed E-state index contributed by atoms with van der Waals surface area (Å²) in [7, 11) is -5.40. The third-order valence-corrected chi connectivity index (χ3v) is 12.7. The average Bonchev–Trinajstić information content (AvgIpc) is 2.68. The van der Waals surface area contributed by atoms with E-state index in [1.54, 1.807) is 13.8 Å². The van der Waals surface area contributed by atoms with Gasteiger partial charge in [-0.3, -0.25) is 9.36 Å². The van der Waals surface area contributed by atoms with Gasteiger partial charge in [-0.15, -0.1) is 0 Å². The van der Waals surface area contributed by atoms with E-state index in [-0.39, 0.29) is 42.7 Å². The Morgan fingerprint density at radius 3 is 2.35 bits per heavy atom. The van der Waals surface area contributed by atoms with Crippen LogP contribution < -0.4 is 0 Å². The lowest BCUT2D eigenvalue weighted by Crippen LogP contribution is -2.50. The second-order valence-electron chi connectivity index (χ2n) is 10.3. The van der Waals surface area contributed by atoms with E-state index in [0.29, 0.717) is 6.42 Å². The van der Waals surface area contributed by atoms with E-state index >= 15 is 0 Å². The SMILES string of the molecule is CCOP(=O)(CC(=O)O[C@@H](C)CCC/C=C/[C@H]1CC[C@H](O[Si](C)(C)C(C)(C)C)C(O)O1)OCC. The fraction of sp³-hybridized carbons (Fsp3) is 0.875. The van der Waals surface area contributed by atoms with Gasteiger partial charge in [-0.2, -0.15) is 0 Å². The predicted molar refractivity (Wildman–Crippen MR) is 136 cm³/mol. The number of rotatable bonds is 14. The van der Waals surface area contributed by atoms with Crippen molar-refractivity contribution in [3.8, 4) is 0 Å². The number of ether oxygens (including phenoxy) is 2. The first-order valence-electron chi connectivity index (χ1n) is 12.5. The van der Waals surface area contributed by atoms with Crippen molar-refractivity contribution in [2.24, 2.45) is 0 Å². The molecule has 1 N–H and O–H groups in total. The molecule has 0 radical (unpaired) electrons. The van der Waals surface area contributed by atoms with Crippen molar-refractivity contribution in [2.45, 2.75) is 116 Å². The molecule has 1 saturated heterocycles. The Labute approximate surface area is 207 Å². The number of carbonyl (C=O) groups excluding carboxylic acids is 1. The van der Waals surface area contributed by atoms with Crippen LogP contribution in [0.4, 0.5) is 0 Å². The molecule has 0 saturated carbocycles. The fourth-order valence-electron chi connectivity index (χ4n) is 3.39. The van der Waals surface area contributed by atoms with Crippen LogP contribution in [0.5, 0.6) is 0 Å². The van der Waals surface area contributed by atoms with Crippen molar-refractivity contribution in [2.75, 3.05) is 19.4 Å². The summed E-state index contributed by atoms with van der Waals surface area (Å²) >= 11 is 0. The van der Waals surface area contributed by atoms with E-state index in [1.165, 1.54) is 0 Å². The topological polar surface area (TPSA) is 101 Å². The van der Waals surface area contributed by atoms with Crippen LogP contribution in [0.15, 0.2) is 12.2 Å². The van der Waals surface area contributed by atoms with Crippen LogP contribution in [0.1, 0.15) is 73.6 Å². The van der Waals surface area contributed by atoms with Crippen LogP contribution in [-0.4, -0.2) is 63.4 Å². The summed E-state index contributed by atoms with van der Waals surface area (Å²) in [4.78, 5) is 12.1. The minimum atomic E-state index is -3.44. The van der Waals surface area contributed by atoms with Crippen molar-refractivity contribution in [3.63, 3.8) is 0 Å². The molecule has 8 nitrogen and oxygen atoms in total. The number of hydrogen-bond acceptors (Lipinski definition) is 8. The summed E-state index contributed by atoms with van der Waals surface area (Å²) in [5.74, 6) is -0.577. The maximum atomic E-state index is 12.4. The average molecular weight is 523 g/mol.